The van der Waals surface area contributed by atoms with Crippen molar-refractivity contribution < 1.29 is 0 Å². The average molecular weight is 251 g/mol. The zero-order valence-electron chi connectivity index (χ0n) is 9.78. The van der Waals surface area contributed by atoms with Crippen LogP contribution in [0.25, 0.3) is 21.9 Å². The van der Waals surface area contributed by atoms with E-state index in [1.165, 1.54) is 33.0 Å². The Morgan fingerprint density at radius 2 is 1.67 bits per heavy atom. The van der Waals surface area contributed by atoms with Crippen LogP contribution in [0.3, 0.4) is 0 Å². The minimum atomic E-state index is 0.858. The Hall–Kier alpha value is -1.79. The summed E-state index contributed by atoms with van der Waals surface area (Å²) >= 11 is 6.38. The smallest absolute Gasteiger partial charge is 0.0487 e. The van der Waals surface area contributed by atoms with Gasteiger partial charge in [-0.05, 0) is 40.1 Å². The third kappa shape index (κ3) is 1.27. The van der Waals surface area contributed by atoms with Gasteiger partial charge in [-0.2, -0.15) is 0 Å². The second kappa shape index (κ2) is 3.60. The van der Waals surface area contributed by atoms with E-state index >= 15 is 0 Å². The molecule has 0 saturated carbocycles. The van der Waals surface area contributed by atoms with Crippen LogP contribution in [-0.2, 0) is 6.42 Å². The third-order valence-corrected chi connectivity index (χ3v) is 4.09. The van der Waals surface area contributed by atoms with Crippen LogP contribution >= 0.6 is 11.6 Å². The first kappa shape index (κ1) is 10.2. The van der Waals surface area contributed by atoms with Crippen molar-refractivity contribution in [3.05, 3.63) is 70.7 Å². The molecule has 0 saturated heterocycles. The van der Waals surface area contributed by atoms with Gasteiger partial charge in [0.2, 0.25) is 0 Å². The minimum absolute atomic E-state index is 0.858. The molecule has 0 amide bonds. The fourth-order valence-corrected chi connectivity index (χ4v) is 3.27. The maximum Gasteiger partial charge on any atom is 0.0487 e. The number of hydrogen-bond donors (Lipinski definition) is 0. The molecule has 1 heteroatoms. The van der Waals surface area contributed by atoms with Crippen LogP contribution in [0.4, 0.5) is 0 Å². The van der Waals surface area contributed by atoms with Crippen LogP contribution in [0.5, 0.6) is 0 Å². The van der Waals surface area contributed by atoms with E-state index in [1.54, 1.807) is 0 Å². The first-order valence-electron chi connectivity index (χ1n) is 6.13. The van der Waals surface area contributed by atoms with Gasteiger partial charge in [-0.15, -0.1) is 0 Å². The molecule has 0 spiro atoms. The van der Waals surface area contributed by atoms with E-state index in [-0.39, 0.29) is 0 Å². The molecule has 1 aliphatic rings. The second-order valence-electron chi connectivity index (χ2n) is 4.76. The van der Waals surface area contributed by atoms with Crippen LogP contribution in [0.15, 0.2) is 54.6 Å². The molecule has 0 aromatic heterocycles. The van der Waals surface area contributed by atoms with E-state index in [9.17, 15) is 0 Å². The van der Waals surface area contributed by atoms with Crippen molar-refractivity contribution in [2.24, 2.45) is 0 Å². The molecule has 3 aromatic carbocycles. The average Bonchev–Trinajstić information content (AvgIpc) is 2.77. The second-order valence-corrected chi connectivity index (χ2v) is 5.17. The Labute approximate surface area is 111 Å². The summed E-state index contributed by atoms with van der Waals surface area (Å²) in [6.45, 7) is 0. The number of fused-ring (bicyclic) bond motifs is 5. The Morgan fingerprint density at radius 3 is 2.61 bits per heavy atom. The van der Waals surface area contributed by atoms with Crippen molar-refractivity contribution in [3.8, 4) is 11.1 Å². The van der Waals surface area contributed by atoms with Crippen molar-refractivity contribution in [3.63, 3.8) is 0 Å². The summed E-state index contributed by atoms with van der Waals surface area (Å²) in [5, 5.41) is 3.30. The lowest BCUT2D eigenvalue weighted by atomic mass is 9.99. The van der Waals surface area contributed by atoms with Gasteiger partial charge in [0.15, 0.2) is 0 Å². The Morgan fingerprint density at radius 1 is 0.778 bits per heavy atom. The van der Waals surface area contributed by atoms with Crippen molar-refractivity contribution in [2.45, 2.75) is 6.42 Å². The van der Waals surface area contributed by atoms with E-state index in [0.717, 1.165) is 11.4 Å². The molecule has 0 fully saturated rings. The molecule has 0 bridgehead atoms. The largest absolute Gasteiger partial charge is 0.0837 e. The minimum Gasteiger partial charge on any atom is -0.0837 e. The third-order valence-electron chi connectivity index (χ3n) is 3.78. The molecular formula is C17H11Cl. The van der Waals surface area contributed by atoms with E-state index in [0.29, 0.717) is 0 Å². The summed E-state index contributed by atoms with van der Waals surface area (Å²) in [4.78, 5) is 0. The highest BCUT2D eigenvalue weighted by atomic mass is 35.5. The molecule has 0 atom stereocenters. The molecule has 0 unspecified atom stereocenters. The van der Waals surface area contributed by atoms with Gasteiger partial charge in [0.25, 0.3) is 0 Å². The summed E-state index contributed by atoms with van der Waals surface area (Å²) in [5.74, 6) is 0. The fourth-order valence-electron chi connectivity index (χ4n) is 2.97. The maximum atomic E-state index is 6.38. The lowest BCUT2D eigenvalue weighted by Gasteiger charge is -2.07. The van der Waals surface area contributed by atoms with Gasteiger partial charge in [-0.3, -0.25) is 0 Å². The molecule has 0 N–H and O–H groups in total. The molecule has 0 radical (unpaired) electrons. The standard InChI is InChI=1S/C17H11Cl/c18-16-7-3-5-11-8-9-14-13-6-2-1-4-12(13)10-15(14)17(11)16/h1-9H,10H2. The molecule has 0 nitrogen and oxygen atoms in total. The Bertz CT molecular complexity index is 772. The summed E-state index contributed by atoms with van der Waals surface area (Å²) in [6.07, 6.45) is 0.993. The lowest BCUT2D eigenvalue weighted by molar-refractivity contribution is 1.28. The van der Waals surface area contributed by atoms with Crippen LogP contribution in [0.1, 0.15) is 11.1 Å². The van der Waals surface area contributed by atoms with Gasteiger partial charge < -0.3 is 0 Å². The highest BCUT2D eigenvalue weighted by Gasteiger charge is 2.20. The van der Waals surface area contributed by atoms with Crippen molar-refractivity contribution in [1.82, 2.24) is 0 Å². The summed E-state index contributed by atoms with van der Waals surface area (Å²) in [7, 11) is 0. The zero-order valence-corrected chi connectivity index (χ0v) is 10.5. The van der Waals surface area contributed by atoms with E-state index < -0.39 is 0 Å². The first-order valence-corrected chi connectivity index (χ1v) is 6.51. The van der Waals surface area contributed by atoms with Gasteiger partial charge in [0, 0.05) is 10.4 Å². The molecule has 1 aliphatic carbocycles. The quantitative estimate of drug-likeness (QED) is 0.409. The van der Waals surface area contributed by atoms with Crippen LogP contribution in [-0.4, -0.2) is 0 Å². The SMILES string of the molecule is Clc1cccc2ccc3c(c12)Cc1ccccc1-3. The van der Waals surface area contributed by atoms with Gasteiger partial charge in [-0.25, -0.2) is 0 Å². The van der Waals surface area contributed by atoms with Crippen molar-refractivity contribution in [2.75, 3.05) is 0 Å². The topological polar surface area (TPSA) is 0 Å². The van der Waals surface area contributed by atoms with Crippen LogP contribution in [0.2, 0.25) is 5.02 Å². The van der Waals surface area contributed by atoms with Crippen molar-refractivity contribution >= 4 is 22.4 Å². The molecule has 4 rings (SSSR count). The van der Waals surface area contributed by atoms with Crippen LogP contribution in [0, 0.1) is 0 Å². The highest BCUT2D eigenvalue weighted by molar-refractivity contribution is 6.36. The van der Waals surface area contributed by atoms with Gasteiger partial charge in [-0.1, -0.05) is 60.1 Å². The number of halogens is 1. The van der Waals surface area contributed by atoms with Crippen molar-refractivity contribution in [1.29, 1.82) is 0 Å². The molecule has 0 heterocycles. The Balaban J connectivity index is 2.13. The predicted octanol–water partition coefficient (Wildman–Crippen LogP) is 5.06. The normalized spacial score (nSPS) is 12.5. The van der Waals surface area contributed by atoms with E-state index in [2.05, 4.69) is 42.5 Å². The zero-order chi connectivity index (χ0) is 12.1. The number of benzene rings is 3. The van der Waals surface area contributed by atoms with Gasteiger partial charge in [0.1, 0.15) is 0 Å². The molecule has 18 heavy (non-hydrogen) atoms. The first-order chi connectivity index (χ1) is 8.84. The maximum absolute atomic E-state index is 6.38. The van der Waals surface area contributed by atoms with Gasteiger partial charge in [0.05, 0.1) is 0 Å². The predicted molar refractivity (Wildman–Crippen MR) is 77.2 cm³/mol. The summed E-state index contributed by atoms with van der Waals surface area (Å²) < 4.78 is 0. The monoisotopic (exact) mass is 250 g/mol. The number of rotatable bonds is 0. The lowest BCUT2D eigenvalue weighted by Crippen LogP contribution is -1.85. The molecule has 86 valence electrons. The number of hydrogen-bond acceptors (Lipinski definition) is 0. The van der Waals surface area contributed by atoms with E-state index in [1.807, 2.05) is 12.1 Å². The molecule has 0 aliphatic heterocycles. The van der Waals surface area contributed by atoms with Gasteiger partial charge >= 0.3 is 0 Å². The van der Waals surface area contributed by atoms with Crippen LogP contribution < -0.4 is 0 Å². The van der Waals surface area contributed by atoms with E-state index in [4.69, 9.17) is 11.6 Å². The summed E-state index contributed by atoms with van der Waals surface area (Å²) in [6, 6.07) is 19.1. The summed E-state index contributed by atoms with van der Waals surface area (Å²) in [5.41, 5.74) is 5.47. The molecule has 3 aromatic rings. The fraction of sp³-hybridized carbons (Fsp3) is 0.0588. The highest BCUT2D eigenvalue weighted by Crippen LogP contribution is 2.42. The Kier molecular flexibility index (Phi) is 2.03. The molecular weight excluding hydrogens is 240 g/mol.